The van der Waals surface area contributed by atoms with Crippen molar-refractivity contribution in [2.24, 2.45) is 12.0 Å². The maximum Gasteiger partial charge on any atom is 0.241 e. The number of aliphatic imine (C=N–C) groups is 1. The Balaban J connectivity index is 0.00000392. The maximum atomic E-state index is 12.0. The van der Waals surface area contributed by atoms with Crippen LogP contribution in [0.25, 0.3) is 0 Å². The zero-order valence-corrected chi connectivity index (χ0v) is 20.4. The Morgan fingerprint density at radius 2 is 2.04 bits per heavy atom. The van der Waals surface area contributed by atoms with E-state index < -0.39 is 0 Å². The molecule has 2 heterocycles. The average molecular weight is 505 g/mol. The smallest absolute Gasteiger partial charge is 0.241 e. The largest absolute Gasteiger partial charge is 0.355 e. The molecule has 1 atom stereocenters. The number of halogens is 1. The molecule has 1 aliphatic heterocycles. The molecule has 0 saturated carbocycles. The van der Waals surface area contributed by atoms with Gasteiger partial charge in [0.15, 0.2) is 5.96 Å². The number of likely N-dealkylation sites (tertiary alicyclic amines) is 1. The van der Waals surface area contributed by atoms with Crippen LogP contribution in [0.5, 0.6) is 0 Å². The summed E-state index contributed by atoms with van der Waals surface area (Å²) in [6, 6.07) is 0.522. The van der Waals surface area contributed by atoms with E-state index >= 15 is 0 Å². The zero-order chi connectivity index (χ0) is 20.0. The van der Waals surface area contributed by atoms with Gasteiger partial charge >= 0.3 is 0 Å². The van der Waals surface area contributed by atoms with Gasteiger partial charge in [-0.1, -0.05) is 6.92 Å². The number of aryl methyl sites for hydroxylation is 2. The molecule has 160 valence electrons. The van der Waals surface area contributed by atoms with Gasteiger partial charge in [0.05, 0.1) is 18.8 Å². The molecule has 8 nitrogen and oxygen atoms in total. The summed E-state index contributed by atoms with van der Waals surface area (Å²) in [4.78, 5) is 20.7. The van der Waals surface area contributed by atoms with Crippen LogP contribution in [0.1, 0.15) is 36.7 Å². The van der Waals surface area contributed by atoms with Crippen molar-refractivity contribution in [3.63, 3.8) is 0 Å². The number of likely N-dealkylation sites (N-methyl/N-ethyl adjacent to an activating group) is 2. The maximum absolute atomic E-state index is 12.0. The third-order valence-corrected chi connectivity index (χ3v) is 5.37. The number of carbonyl (C=O) groups is 1. The van der Waals surface area contributed by atoms with Crippen LogP contribution in [0.15, 0.2) is 4.99 Å². The molecule has 1 aromatic heterocycles. The van der Waals surface area contributed by atoms with Gasteiger partial charge in [-0.2, -0.15) is 5.10 Å². The fourth-order valence-electron chi connectivity index (χ4n) is 3.45. The summed E-state index contributed by atoms with van der Waals surface area (Å²) < 4.78 is 1.88. The number of hydrogen-bond acceptors (Lipinski definition) is 4. The van der Waals surface area contributed by atoms with Gasteiger partial charge in [-0.3, -0.25) is 14.4 Å². The summed E-state index contributed by atoms with van der Waals surface area (Å²) in [6.07, 6.45) is 2.44. The SMILES string of the molecule is CCN1CCCC1CNC(=NCc1c(C)nn(C)c1C)NCC(=O)N(C)C.I. The van der Waals surface area contributed by atoms with Crippen molar-refractivity contribution >= 4 is 35.8 Å². The summed E-state index contributed by atoms with van der Waals surface area (Å²) in [7, 11) is 5.46. The van der Waals surface area contributed by atoms with Crippen molar-refractivity contribution in [1.82, 2.24) is 30.2 Å². The summed E-state index contributed by atoms with van der Waals surface area (Å²) in [6.45, 7) is 10.1. The predicted molar refractivity (Wildman–Crippen MR) is 124 cm³/mol. The molecular formula is C19H36IN7O. The molecule has 1 amide bonds. The highest BCUT2D eigenvalue weighted by molar-refractivity contribution is 14.0. The molecule has 28 heavy (non-hydrogen) atoms. The zero-order valence-electron chi connectivity index (χ0n) is 18.1. The Morgan fingerprint density at radius 3 is 2.61 bits per heavy atom. The minimum Gasteiger partial charge on any atom is -0.355 e. The molecule has 1 unspecified atom stereocenters. The molecule has 0 aliphatic carbocycles. The van der Waals surface area contributed by atoms with Gasteiger partial charge in [0.1, 0.15) is 0 Å². The second kappa shape index (κ2) is 11.6. The van der Waals surface area contributed by atoms with Gasteiger partial charge in [-0.15, -0.1) is 24.0 Å². The van der Waals surface area contributed by atoms with Gasteiger partial charge in [-0.25, -0.2) is 4.99 Å². The number of hydrogen-bond donors (Lipinski definition) is 2. The Bertz CT molecular complexity index is 671. The van der Waals surface area contributed by atoms with E-state index in [-0.39, 0.29) is 36.4 Å². The van der Waals surface area contributed by atoms with E-state index in [9.17, 15) is 4.79 Å². The number of rotatable bonds is 7. The Labute approximate surface area is 186 Å². The molecule has 0 aromatic carbocycles. The Kier molecular flexibility index (Phi) is 10.2. The van der Waals surface area contributed by atoms with E-state index in [0.29, 0.717) is 18.5 Å². The molecule has 1 fully saturated rings. The van der Waals surface area contributed by atoms with Crippen molar-refractivity contribution in [3.05, 3.63) is 17.0 Å². The van der Waals surface area contributed by atoms with Crippen LogP contribution in [0.3, 0.4) is 0 Å². The predicted octanol–water partition coefficient (Wildman–Crippen LogP) is 1.26. The first-order valence-corrected chi connectivity index (χ1v) is 9.78. The fourth-order valence-corrected chi connectivity index (χ4v) is 3.45. The van der Waals surface area contributed by atoms with Crippen LogP contribution in [0, 0.1) is 13.8 Å². The number of aromatic nitrogens is 2. The third kappa shape index (κ3) is 6.61. The molecule has 9 heteroatoms. The average Bonchev–Trinajstić information content (AvgIpc) is 3.18. The van der Waals surface area contributed by atoms with E-state index in [1.807, 2.05) is 18.7 Å². The summed E-state index contributed by atoms with van der Waals surface area (Å²) in [5.41, 5.74) is 3.25. The fraction of sp³-hybridized carbons (Fsp3) is 0.737. The van der Waals surface area contributed by atoms with Crippen molar-refractivity contribution in [2.45, 2.75) is 46.2 Å². The lowest BCUT2D eigenvalue weighted by Gasteiger charge is -2.24. The lowest BCUT2D eigenvalue weighted by Crippen LogP contribution is -2.47. The van der Waals surface area contributed by atoms with Gasteiger partial charge in [0.25, 0.3) is 0 Å². The molecule has 1 aromatic rings. The lowest BCUT2D eigenvalue weighted by molar-refractivity contribution is -0.127. The van der Waals surface area contributed by atoms with Crippen LogP contribution in [-0.4, -0.2) is 77.8 Å². The summed E-state index contributed by atoms with van der Waals surface area (Å²) in [5, 5.41) is 11.1. The van der Waals surface area contributed by atoms with Gasteiger partial charge in [-0.05, 0) is 39.8 Å². The molecule has 2 N–H and O–H groups in total. The number of nitrogens with zero attached hydrogens (tertiary/aromatic N) is 5. The molecule has 1 saturated heterocycles. The highest BCUT2D eigenvalue weighted by Gasteiger charge is 2.23. The summed E-state index contributed by atoms with van der Waals surface area (Å²) >= 11 is 0. The van der Waals surface area contributed by atoms with E-state index in [2.05, 4.69) is 34.5 Å². The third-order valence-electron chi connectivity index (χ3n) is 5.37. The van der Waals surface area contributed by atoms with Crippen LogP contribution in [0.4, 0.5) is 0 Å². The van der Waals surface area contributed by atoms with E-state index in [1.54, 1.807) is 19.0 Å². The van der Waals surface area contributed by atoms with E-state index in [1.165, 1.54) is 12.8 Å². The topological polar surface area (TPSA) is 77.8 Å². The van der Waals surface area contributed by atoms with E-state index in [0.717, 1.165) is 36.6 Å². The first kappa shape index (κ1) is 24.7. The highest BCUT2D eigenvalue weighted by atomic mass is 127. The van der Waals surface area contributed by atoms with Crippen molar-refractivity contribution in [2.75, 3.05) is 40.3 Å². The van der Waals surface area contributed by atoms with Gasteiger partial charge in [0.2, 0.25) is 5.91 Å². The van der Waals surface area contributed by atoms with Gasteiger partial charge < -0.3 is 15.5 Å². The standard InChI is InChI=1S/C19H35N7O.HI/c1-7-26-10-8-9-16(26)11-20-19(22-13-18(27)24(4)5)21-12-17-14(2)23-25(6)15(17)3;/h16H,7-13H2,1-6H3,(H2,20,21,22);1H. The summed E-state index contributed by atoms with van der Waals surface area (Å²) in [5.74, 6) is 0.699. The Morgan fingerprint density at radius 1 is 1.32 bits per heavy atom. The molecule has 0 radical (unpaired) electrons. The first-order valence-electron chi connectivity index (χ1n) is 9.78. The number of carbonyl (C=O) groups excluding carboxylic acids is 1. The van der Waals surface area contributed by atoms with Crippen molar-refractivity contribution in [3.8, 4) is 0 Å². The quantitative estimate of drug-likeness (QED) is 0.332. The van der Waals surface area contributed by atoms with Crippen LogP contribution >= 0.6 is 24.0 Å². The first-order chi connectivity index (χ1) is 12.8. The minimum atomic E-state index is 0. The van der Waals surface area contributed by atoms with E-state index in [4.69, 9.17) is 4.99 Å². The number of nitrogens with one attached hydrogen (secondary N) is 2. The second-order valence-electron chi connectivity index (χ2n) is 7.39. The molecule has 0 spiro atoms. The van der Waals surface area contributed by atoms with Gasteiger partial charge in [0, 0.05) is 45.0 Å². The van der Waals surface area contributed by atoms with Crippen LogP contribution in [-0.2, 0) is 18.4 Å². The van der Waals surface area contributed by atoms with Crippen LogP contribution in [0.2, 0.25) is 0 Å². The molecule has 2 rings (SSSR count). The number of guanidine groups is 1. The second-order valence-corrected chi connectivity index (χ2v) is 7.39. The molecule has 1 aliphatic rings. The molecular weight excluding hydrogens is 469 g/mol. The van der Waals surface area contributed by atoms with Crippen molar-refractivity contribution < 1.29 is 4.79 Å². The Hall–Kier alpha value is -1.36. The highest BCUT2D eigenvalue weighted by Crippen LogP contribution is 2.16. The molecule has 0 bridgehead atoms. The van der Waals surface area contributed by atoms with Crippen molar-refractivity contribution in [1.29, 1.82) is 0 Å². The monoisotopic (exact) mass is 505 g/mol. The minimum absolute atomic E-state index is 0. The number of amides is 1. The van der Waals surface area contributed by atoms with Crippen LogP contribution < -0.4 is 10.6 Å². The normalized spacial score (nSPS) is 17.4. The lowest BCUT2D eigenvalue weighted by atomic mass is 10.2.